The second-order valence-electron chi connectivity index (χ2n) is 5.48. The molecule has 22 heavy (non-hydrogen) atoms. The number of para-hydroxylation sites is 1. The standard InChI is InChI=1S/C15H17FN4O2/c1-11-17-7-9-18(11)10-12-4-3-8-19(12)14-6-2-5-13(16)15(14)20(21)22/h2,5-7,9,12H,3-4,8,10H2,1H3/t12-/m0/s1. The van der Waals surface area contributed by atoms with Crippen molar-refractivity contribution in [2.75, 3.05) is 11.4 Å². The van der Waals surface area contributed by atoms with Crippen molar-refractivity contribution in [1.82, 2.24) is 9.55 Å². The largest absolute Gasteiger partial charge is 0.361 e. The minimum atomic E-state index is -0.785. The van der Waals surface area contributed by atoms with E-state index >= 15 is 0 Å². The quantitative estimate of drug-likeness (QED) is 0.643. The first-order valence-corrected chi connectivity index (χ1v) is 7.25. The third-order valence-electron chi connectivity index (χ3n) is 4.17. The van der Waals surface area contributed by atoms with Gasteiger partial charge in [0.2, 0.25) is 5.82 Å². The van der Waals surface area contributed by atoms with Gasteiger partial charge in [-0.2, -0.15) is 4.39 Å². The smallest absolute Gasteiger partial charge is 0.327 e. The fourth-order valence-electron chi connectivity index (χ4n) is 3.08. The van der Waals surface area contributed by atoms with Gasteiger partial charge in [-0.25, -0.2) is 4.98 Å². The summed E-state index contributed by atoms with van der Waals surface area (Å²) < 4.78 is 15.9. The highest BCUT2D eigenvalue weighted by atomic mass is 19.1. The molecule has 1 saturated heterocycles. The molecule has 0 spiro atoms. The van der Waals surface area contributed by atoms with Crippen LogP contribution >= 0.6 is 0 Å². The number of nitro benzene ring substituents is 1. The Kier molecular flexibility index (Phi) is 3.79. The third-order valence-corrected chi connectivity index (χ3v) is 4.17. The van der Waals surface area contributed by atoms with E-state index < -0.39 is 16.4 Å². The Balaban J connectivity index is 1.92. The number of imidazole rings is 1. The second-order valence-corrected chi connectivity index (χ2v) is 5.48. The van der Waals surface area contributed by atoms with Crippen molar-refractivity contribution in [3.8, 4) is 0 Å². The minimum Gasteiger partial charge on any atom is -0.361 e. The van der Waals surface area contributed by atoms with Crippen LogP contribution in [0.1, 0.15) is 18.7 Å². The van der Waals surface area contributed by atoms with Crippen LogP contribution in [0.25, 0.3) is 0 Å². The van der Waals surface area contributed by atoms with Crippen LogP contribution < -0.4 is 4.90 Å². The molecule has 1 aliphatic heterocycles. The van der Waals surface area contributed by atoms with Crippen molar-refractivity contribution in [3.05, 3.63) is 52.3 Å². The van der Waals surface area contributed by atoms with Gasteiger partial charge in [-0.05, 0) is 31.9 Å². The summed E-state index contributed by atoms with van der Waals surface area (Å²) in [5, 5.41) is 11.2. The van der Waals surface area contributed by atoms with Crippen molar-refractivity contribution in [2.45, 2.75) is 32.4 Å². The van der Waals surface area contributed by atoms with Gasteiger partial charge in [-0.3, -0.25) is 10.1 Å². The summed E-state index contributed by atoms with van der Waals surface area (Å²) >= 11 is 0. The monoisotopic (exact) mass is 304 g/mol. The van der Waals surface area contributed by atoms with Crippen molar-refractivity contribution in [2.24, 2.45) is 0 Å². The highest BCUT2D eigenvalue weighted by Gasteiger charge is 2.32. The maximum absolute atomic E-state index is 13.8. The lowest BCUT2D eigenvalue weighted by molar-refractivity contribution is -0.386. The average Bonchev–Trinajstić information content (AvgIpc) is 3.08. The number of anilines is 1. The van der Waals surface area contributed by atoms with E-state index in [0.29, 0.717) is 18.8 Å². The molecule has 0 amide bonds. The Labute approximate surface area is 127 Å². The first-order chi connectivity index (χ1) is 10.6. The van der Waals surface area contributed by atoms with Crippen LogP contribution in [0.5, 0.6) is 0 Å². The van der Waals surface area contributed by atoms with Gasteiger partial charge >= 0.3 is 5.69 Å². The van der Waals surface area contributed by atoms with E-state index in [0.717, 1.165) is 24.7 Å². The number of hydrogen-bond acceptors (Lipinski definition) is 4. The number of nitro groups is 1. The maximum Gasteiger partial charge on any atom is 0.327 e. The molecule has 0 radical (unpaired) electrons. The van der Waals surface area contributed by atoms with Crippen molar-refractivity contribution in [3.63, 3.8) is 0 Å². The number of halogens is 1. The number of rotatable bonds is 4. The number of benzene rings is 1. The fraction of sp³-hybridized carbons (Fsp3) is 0.400. The van der Waals surface area contributed by atoms with Gasteiger partial charge in [-0.1, -0.05) is 6.07 Å². The minimum absolute atomic E-state index is 0.105. The Bertz CT molecular complexity index is 701. The molecule has 1 fully saturated rings. The molecule has 1 aliphatic rings. The van der Waals surface area contributed by atoms with Gasteiger partial charge < -0.3 is 9.47 Å². The summed E-state index contributed by atoms with van der Waals surface area (Å²) in [6, 6.07) is 4.39. The summed E-state index contributed by atoms with van der Waals surface area (Å²) in [5.74, 6) is 0.118. The second kappa shape index (κ2) is 5.75. The van der Waals surface area contributed by atoms with Crippen molar-refractivity contribution < 1.29 is 9.31 Å². The molecule has 7 heteroatoms. The van der Waals surface area contributed by atoms with Crippen molar-refractivity contribution in [1.29, 1.82) is 0 Å². The van der Waals surface area contributed by atoms with Crippen LogP contribution in [0.4, 0.5) is 15.8 Å². The zero-order chi connectivity index (χ0) is 15.7. The highest BCUT2D eigenvalue weighted by molar-refractivity contribution is 5.64. The Morgan fingerprint density at radius 3 is 3.00 bits per heavy atom. The molecule has 1 atom stereocenters. The van der Waals surface area contributed by atoms with Gasteiger partial charge in [0.25, 0.3) is 0 Å². The molecule has 1 aromatic carbocycles. The Morgan fingerprint density at radius 1 is 1.50 bits per heavy atom. The molecule has 0 aliphatic carbocycles. The number of aromatic nitrogens is 2. The van der Waals surface area contributed by atoms with E-state index in [1.54, 1.807) is 12.3 Å². The van der Waals surface area contributed by atoms with Gasteiger partial charge in [-0.15, -0.1) is 0 Å². The van der Waals surface area contributed by atoms with E-state index in [2.05, 4.69) is 4.98 Å². The molecule has 6 nitrogen and oxygen atoms in total. The number of nitrogens with zero attached hydrogens (tertiary/aromatic N) is 4. The molecule has 0 saturated carbocycles. The predicted octanol–water partition coefficient (Wildman–Crippen LogP) is 2.91. The summed E-state index contributed by atoms with van der Waals surface area (Å²) in [4.78, 5) is 16.7. The lowest BCUT2D eigenvalue weighted by Gasteiger charge is -2.27. The van der Waals surface area contributed by atoms with Gasteiger partial charge in [0.15, 0.2) is 0 Å². The molecular weight excluding hydrogens is 287 g/mol. The lowest BCUT2D eigenvalue weighted by atomic mass is 10.2. The summed E-state index contributed by atoms with van der Waals surface area (Å²) in [5.41, 5.74) is -0.0676. The first-order valence-electron chi connectivity index (χ1n) is 7.25. The predicted molar refractivity (Wildman–Crippen MR) is 80.4 cm³/mol. The van der Waals surface area contributed by atoms with Crippen LogP contribution in [-0.2, 0) is 6.54 Å². The fourth-order valence-corrected chi connectivity index (χ4v) is 3.08. The van der Waals surface area contributed by atoms with Crippen molar-refractivity contribution >= 4 is 11.4 Å². The normalized spacial score (nSPS) is 17.9. The maximum atomic E-state index is 13.8. The van der Waals surface area contributed by atoms with E-state index in [1.165, 1.54) is 6.07 Å². The van der Waals surface area contributed by atoms with E-state index in [9.17, 15) is 14.5 Å². The molecule has 2 aromatic rings. The molecule has 0 bridgehead atoms. The molecule has 3 rings (SSSR count). The van der Waals surface area contributed by atoms with E-state index in [1.807, 2.05) is 22.6 Å². The molecule has 0 unspecified atom stereocenters. The summed E-state index contributed by atoms with van der Waals surface area (Å²) in [7, 11) is 0. The Morgan fingerprint density at radius 2 is 2.32 bits per heavy atom. The van der Waals surface area contributed by atoms with E-state index in [-0.39, 0.29) is 6.04 Å². The van der Waals surface area contributed by atoms with Crippen LogP contribution in [0, 0.1) is 22.9 Å². The number of aryl methyl sites for hydroxylation is 1. The zero-order valence-electron chi connectivity index (χ0n) is 12.3. The molecule has 116 valence electrons. The first kappa shape index (κ1) is 14.5. The topological polar surface area (TPSA) is 64.2 Å². The summed E-state index contributed by atoms with van der Waals surface area (Å²) in [6.45, 7) is 3.31. The molecule has 1 aromatic heterocycles. The molecule has 0 N–H and O–H groups in total. The van der Waals surface area contributed by atoms with Crippen LogP contribution in [0.2, 0.25) is 0 Å². The van der Waals surface area contributed by atoms with Gasteiger partial charge in [0.1, 0.15) is 11.5 Å². The Hall–Kier alpha value is -2.44. The SMILES string of the molecule is Cc1nccn1C[C@@H]1CCCN1c1cccc(F)c1[N+](=O)[O-]. The third kappa shape index (κ3) is 2.54. The van der Waals surface area contributed by atoms with Gasteiger partial charge in [0, 0.05) is 31.5 Å². The lowest BCUT2D eigenvalue weighted by Crippen LogP contribution is -2.33. The zero-order valence-corrected chi connectivity index (χ0v) is 12.3. The average molecular weight is 304 g/mol. The van der Waals surface area contributed by atoms with Crippen LogP contribution in [-0.4, -0.2) is 27.1 Å². The molecule has 2 heterocycles. The van der Waals surface area contributed by atoms with Gasteiger partial charge in [0.05, 0.1) is 4.92 Å². The molecular formula is C15H17FN4O2. The van der Waals surface area contributed by atoms with E-state index in [4.69, 9.17) is 0 Å². The summed E-state index contributed by atoms with van der Waals surface area (Å²) in [6.07, 6.45) is 5.49. The highest BCUT2D eigenvalue weighted by Crippen LogP contribution is 2.35. The van der Waals surface area contributed by atoms with Crippen LogP contribution in [0.15, 0.2) is 30.6 Å². The van der Waals surface area contributed by atoms with Crippen LogP contribution in [0.3, 0.4) is 0 Å². The number of hydrogen-bond donors (Lipinski definition) is 0.